The van der Waals surface area contributed by atoms with Crippen molar-refractivity contribution < 1.29 is 14.3 Å². The summed E-state index contributed by atoms with van der Waals surface area (Å²) in [5, 5.41) is 6.17. The molecule has 1 aliphatic carbocycles. The van der Waals surface area contributed by atoms with E-state index in [9.17, 15) is 4.79 Å². The normalized spacial score (nSPS) is 27.4. The van der Waals surface area contributed by atoms with Crippen LogP contribution in [0.25, 0.3) is 0 Å². The van der Waals surface area contributed by atoms with Crippen LogP contribution < -0.4 is 10.6 Å². The first kappa shape index (κ1) is 15.4. The number of ether oxygens (including phenoxy) is 2. The number of nitrogens with one attached hydrogen (secondary N) is 2. The highest BCUT2D eigenvalue weighted by Gasteiger charge is 2.48. The first-order chi connectivity index (χ1) is 8.41. The second-order valence-electron chi connectivity index (χ2n) is 5.64. The van der Waals surface area contributed by atoms with Gasteiger partial charge in [0, 0.05) is 31.7 Å². The molecular formula is C13H26N2O3. The van der Waals surface area contributed by atoms with Gasteiger partial charge in [0.1, 0.15) is 0 Å². The second kappa shape index (κ2) is 6.50. The van der Waals surface area contributed by atoms with E-state index >= 15 is 0 Å². The van der Waals surface area contributed by atoms with Gasteiger partial charge in [0.05, 0.1) is 19.3 Å². The van der Waals surface area contributed by atoms with E-state index in [-0.39, 0.29) is 23.5 Å². The molecule has 3 atom stereocenters. The minimum atomic E-state index is 0.0104. The second-order valence-corrected chi connectivity index (χ2v) is 5.64. The van der Waals surface area contributed by atoms with Crippen molar-refractivity contribution in [3.05, 3.63) is 0 Å². The van der Waals surface area contributed by atoms with Crippen molar-refractivity contribution in [3.63, 3.8) is 0 Å². The molecule has 5 nitrogen and oxygen atoms in total. The Kier molecular flexibility index (Phi) is 5.56. The Morgan fingerprint density at radius 2 is 2.11 bits per heavy atom. The third-order valence-corrected chi connectivity index (χ3v) is 3.80. The minimum Gasteiger partial charge on any atom is -0.383 e. The zero-order chi connectivity index (χ0) is 13.8. The molecule has 106 valence electrons. The average molecular weight is 258 g/mol. The Labute approximate surface area is 110 Å². The fraction of sp³-hybridized carbons (Fsp3) is 0.923. The summed E-state index contributed by atoms with van der Waals surface area (Å²) in [6.07, 6.45) is 1.25. The number of methoxy groups -OCH3 is 2. The van der Waals surface area contributed by atoms with Gasteiger partial charge in [-0.1, -0.05) is 13.8 Å². The van der Waals surface area contributed by atoms with Gasteiger partial charge in [-0.15, -0.1) is 0 Å². The van der Waals surface area contributed by atoms with E-state index in [0.29, 0.717) is 19.2 Å². The molecule has 0 bridgehead atoms. The van der Waals surface area contributed by atoms with Gasteiger partial charge < -0.3 is 20.1 Å². The van der Waals surface area contributed by atoms with Gasteiger partial charge >= 0.3 is 0 Å². The van der Waals surface area contributed by atoms with Gasteiger partial charge in [0.2, 0.25) is 5.91 Å². The summed E-state index contributed by atoms with van der Waals surface area (Å²) in [4.78, 5) is 11.7. The van der Waals surface area contributed by atoms with Crippen LogP contribution in [-0.2, 0) is 14.3 Å². The lowest BCUT2D eigenvalue weighted by atomic mass is 9.64. The third-order valence-electron chi connectivity index (χ3n) is 3.80. The average Bonchev–Trinajstić information content (AvgIpc) is 2.28. The topological polar surface area (TPSA) is 59.6 Å². The van der Waals surface area contributed by atoms with Crippen molar-refractivity contribution in [2.45, 2.75) is 45.4 Å². The molecule has 1 aliphatic rings. The van der Waals surface area contributed by atoms with Crippen molar-refractivity contribution in [2.24, 2.45) is 5.41 Å². The van der Waals surface area contributed by atoms with Crippen molar-refractivity contribution in [1.29, 1.82) is 0 Å². The summed E-state index contributed by atoms with van der Waals surface area (Å²) in [5.74, 6) is 0.0104. The molecule has 0 spiro atoms. The van der Waals surface area contributed by atoms with Gasteiger partial charge in [-0.05, 0) is 13.3 Å². The fourth-order valence-corrected chi connectivity index (χ4v) is 2.47. The fourth-order valence-electron chi connectivity index (χ4n) is 2.47. The molecule has 0 saturated heterocycles. The van der Waals surface area contributed by atoms with E-state index < -0.39 is 0 Å². The summed E-state index contributed by atoms with van der Waals surface area (Å²) in [5.41, 5.74) is 0.0905. The molecule has 0 radical (unpaired) electrons. The Bertz CT molecular complexity index is 281. The highest BCUT2D eigenvalue weighted by molar-refractivity contribution is 5.78. The molecule has 1 saturated carbocycles. The smallest absolute Gasteiger partial charge is 0.234 e. The number of hydrogen-bond donors (Lipinski definition) is 2. The molecule has 0 aromatic heterocycles. The van der Waals surface area contributed by atoms with Crippen LogP contribution in [0.1, 0.15) is 27.2 Å². The molecule has 0 aromatic carbocycles. The molecule has 2 N–H and O–H groups in total. The van der Waals surface area contributed by atoms with E-state index in [0.717, 1.165) is 6.42 Å². The predicted octanol–water partition coefficient (Wildman–Crippen LogP) is 0.541. The molecular weight excluding hydrogens is 232 g/mol. The van der Waals surface area contributed by atoms with Crippen LogP contribution in [0.4, 0.5) is 0 Å². The molecule has 1 amide bonds. The number of rotatable bonds is 7. The summed E-state index contributed by atoms with van der Waals surface area (Å²) in [6.45, 7) is 7.13. The summed E-state index contributed by atoms with van der Waals surface area (Å²) in [7, 11) is 3.37. The lowest BCUT2D eigenvalue weighted by molar-refractivity contribution is -0.124. The van der Waals surface area contributed by atoms with Gasteiger partial charge in [-0.25, -0.2) is 0 Å². The molecule has 1 fully saturated rings. The Morgan fingerprint density at radius 1 is 1.44 bits per heavy atom. The highest BCUT2D eigenvalue weighted by Crippen LogP contribution is 2.42. The minimum absolute atomic E-state index is 0.0104. The van der Waals surface area contributed by atoms with Gasteiger partial charge in [0.25, 0.3) is 0 Å². The molecule has 0 heterocycles. The van der Waals surface area contributed by atoms with Crippen LogP contribution in [-0.4, -0.2) is 51.5 Å². The van der Waals surface area contributed by atoms with E-state index in [1.54, 1.807) is 14.2 Å². The maximum atomic E-state index is 11.7. The van der Waals surface area contributed by atoms with Gasteiger partial charge in [0.15, 0.2) is 0 Å². The monoisotopic (exact) mass is 258 g/mol. The molecule has 3 unspecified atom stereocenters. The van der Waals surface area contributed by atoms with Gasteiger partial charge in [-0.3, -0.25) is 4.79 Å². The van der Waals surface area contributed by atoms with Crippen molar-refractivity contribution in [1.82, 2.24) is 10.6 Å². The first-order valence-electron chi connectivity index (χ1n) is 6.46. The van der Waals surface area contributed by atoms with Crippen molar-refractivity contribution in [3.8, 4) is 0 Å². The predicted molar refractivity (Wildman–Crippen MR) is 70.5 cm³/mol. The first-order valence-corrected chi connectivity index (χ1v) is 6.46. The maximum absolute atomic E-state index is 11.7. The lowest BCUT2D eigenvalue weighted by Gasteiger charge is -2.51. The number of hydrogen-bond acceptors (Lipinski definition) is 4. The standard InChI is InChI=1S/C13H26N2O3/c1-9(8-17-4)15-12(16)7-14-10-6-11(18-5)13(10,2)3/h9-11,14H,6-8H2,1-5H3,(H,15,16). The van der Waals surface area contributed by atoms with Crippen LogP contribution in [0.15, 0.2) is 0 Å². The SMILES string of the molecule is COCC(C)NC(=O)CNC1CC(OC)C1(C)C. The lowest BCUT2D eigenvalue weighted by Crippen LogP contribution is -2.61. The molecule has 18 heavy (non-hydrogen) atoms. The van der Waals surface area contributed by atoms with Crippen LogP contribution in [0.3, 0.4) is 0 Å². The molecule has 0 aliphatic heterocycles. The number of amides is 1. The Balaban J connectivity index is 2.24. The van der Waals surface area contributed by atoms with Crippen molar-refractivity contribution >= 4 is 5.91 Å². The maximum Gasteiger partial charge on any atom is 0.234 e. The molecule has 0 aromatic rings. The van der Waals surface area contributed by atoms with Crippen LogP contribution >= 0.6 is 0 Å². The Hall–Kier alpha value is -0.650. The van der Waals surface area contributed by atoms with Crippen LogP contribution in [0.2, 0.25) is 0 Å². The van der Waals surface area contributed by atoms with Crippen molar-refractivity contribution in [2.75, 3.05) is 27.4 Å². The Morgan fingerprint density at radius 3 is 2.61 bits per heavy atom. The van der Waals surface area contributed by atoms with E-state index in [1.165, 1.54) is 0 Å². The third kappa shape index (κ3) is 3.67. The van der Waals surface area contributed by atoms with Gasteiger partial charge in [-0.2, -0.15) is 0 Å². The summed E-state index contributed by atoms with van der Waals surface area (Å²) >= 11 is 0. The molecule has 1 rings (SSSR count). The largest absolute Gasteiger partial charge is 0.383 e. The molecule has 5 heteroatoms. The number of carbonyl (C=O) groups is 1. The van der Waals surface area contributed by atoms with E-state index in [4.69, 9.17) is 9.47 Å². The highest BCUT2D eigenvalue weighted by atomic mass is 16.5. The number of carbonyl (C=O) groups excluding carboxylic acids is 1. The van der Waals surface area contributed by atoms with E-state index in [1.807, 2.05) is 6.92 Å². The quantitative estimate of drug-likeness (QED) is 0.700. The zero-order valence-corrected chi connectivity index (χ0v) is 12.1. The van der Waals surface area contributed by atoms with E-state index in [2.05, 4.69) is 24.5 Å². The van der Waals surface area contributed by atoms with Crippen LogP contribution in [0, 0.1) is 5.41 Å². The van der Waals surface area contributed by atoms with Crippen LogP contribution in [0.5, 0.6) is 0 Å². The summed E-state index contributed by atoms with van der Waals surface area (Å²) < 4.78 is 10.4. The zero-order valence-electron chi connectivity index (χ0n) is 12.1. The summed E-state index contributed by atoms with van der Waals surface area (Å²) in [6, 6.07) is 0.386.